The molecule has 1 aromatic heterocycles. The highest BCUT2D eigenvalue weighted by Gasteiger charge is 2.12. The molecule has 0 radical (unpaired) electrons. The maximum absolute atomic E-state index is 10.6. The van der Waals surface area contributed by atoms with E-state index in [-0.39, 0.29) is 12.0 Å². The maximum Gasteiger partial charge on any atom is 0.356 e. The third kappa shape index (κ3) is 3.65. The van der Waals surface area contributed by atoms with Crippen LogP contribution in [0.25, 0.3) is 0 Å². The molecule has 0 saturated carbocycles. The van der Waals surface area contributed by atoms with Crippen molar-refractivity contribution in [1.82, 2.24) is 10.2 Å². The number of methoxy groups -OCH3 is 2. The van der Waals surface area contributed by atoms with Gasteiger partial charge in [0.25, 0.3) is 0 Å². The number of nitrogens with zero attached hydrogens (tertiary/aromatic N) is 3. The zero-order valence-corrected chi connectivity index (χ0v) is 9.95. The standard InChI is InChI=1S/C10H15N3O4/c1-13(6-9(16-2)17-3)8-5-4-7(10(14)15)11-12-8/h4-5,9H,6H2,1-3H3,(H,14,15). The highest BCUT2D eigenvalue weighted by molar-refractivity contribution is 5.85. The van der Waals surface area contributed by atoms with Crippen molar-refractivity contribution < 1.29 is 19.4 Å². The zero-order chi connectivity index (χ0) is 12.8. The van der Waals surface area contributed by atoms with Gasteiger partial charge in [0.1, 0.15) is 0 Å². The van der Waals surface area contributed by atoms with Crippen LogP contribution in [0.15, 0.2) is 12.1 Å². The topological polar surface area (TPSA) is 84.8 Å². The van der Waals surface area contributed by atoms with E-state index in [1.807, 2.05) is 0 Å². The van der Waals surface area contributed by atoms with Crippen molar-refractivity contribution in [3.63, 3.8) is 0 Å². The molecular formula is C10H15N3O4. The largest absolute Gasteiger partial charge is 0.476 e. The first-order valence-electron chi connectivity index (χ1n) is 4.92. The van der Waals surface area contributed by atoms with Crippen LogP contribution >= 0.6 is 0 Å². The van der Waals surface area contributed by atoms with Crippen molar-refractivity contribution in [2.75, 3.05) is 32.7 Å². The SMILES string of the molecule is COC(CN(C)c1ccc(C(=O)O)nn1)OC. The number of anilines is 1. The fourth-order valence-electron chi connectivity index (χ4n) is 1.21. The van der Waals surface area contributed by atoms with Gasteiger partial charge in [0, 0.05) is 21.3 Å². The van der Waals surface area contributed by atoms with E-state index >= 15 is 0 Å². The van der Waals surface area contributed by atoms with Gasteiger partial charge in [-0.05, 0) is 12.1 Å². The van der Waals surface area contributed by atoms with Gasteiger partial charge in [-0.1, -0.05) is 0 Å². The Morgan fingerprint density at radius 3 is 2.47 bits per heavy atom. The van der Waals surface area contributed by atoms with Gasteiger partial charge in [-0.25, -0.2) is 4.79 Å². The summed E-state index contributed by atoms with van der Waals surface area (Å²) in [7, 11) is 4.87. The van der Waals surface area contributed by atoms with Gasteiger partial charge in [-0.3, -0.25) is 0 Å². The lowest BCUT2D eigenvalue weighted by Crippen LogP contribution is -2.32. The Balaban J connectivity index is 2.69. The summed E-state index contributed by atoms with van der Waals surface area (Å²) in [5, 5.41) is 16.1. The van der Waals surface area contributed by atoms with Crippen LogP contribution in [-0.2, 0) is 9.47 Å². The first-order valence-corrected chi connectivity index (χ1v) is 4.92. The highest BCUT2D eigenvalue weighted by Crippen LogP contribution is 2.08. The summed E-state index contributed by atoms with van der Waals surface area (Å²) in [5.41, 5.74) is -0.0859. The number of ether oxygens (including phenoxy) is 2. The van der Waals surface area contributed by atoms with Gasteiger partial charge < -0.3 is 19.5 Å². The van der Waals surface area contributed by atoms with Gasteiger partial charge in [-0.2, -0.15) is 0 Å². The molecule has 0 unspecified atom stereocenters. The number of carbonyl (C=O) groups is 1. The van der Waals surface area contributed by atoms with E-state index in [9.17, 15) is 4.79 Å². The Kier molecular flexibility index (Phi) is 4.80. The van der Waals surface area contributed by atoms with Crippen LogP contribution in [0.1, 0.15) is 10.5 Å². The minimum absolute atomic E-state index is 0.0859. The van der Waals surface area contributed by atoms with Gasteiger partial charge in [-0.15, -0.1) is 10.2 Å². The molecule has 0 fully saturated rings. The van der Waals surface area contributed by atoms with E-state index in [0.29, 0.717) is 12.4 Å². The van der Waals surface area contributed by atoms with E-state index in [1.165, 1.54) is 6.07 Å². The summed E-state index contributed by atoms with van der Waals surface area (Å²) in [6.07, 6.45) is -0.374. The van der Waals surface area contributed by atoms with Crippen molar-refractivity contribution in [3.8, 4) is 0 Å². The van der Waals surface area contributed by atoms with Gasteiger partial charge in [0.15, 0.2) is 17.8 Å². The van der Waals surface area contributed by atoms with Crippen molar-refractivity contribution in [2.45, 2.75) is 6.29 Å². The summed E-state index contributed by atoms with van der Waals surface area (Å²) >= 11 is 0. The Morgan fingerprint density at radius 2 is 2.06 bits per heavy atom. The number of rotatable bonds is 6. The van der Waals surface area contributed by atoms with Gasteiger partial charge >= 0.3 is 5.97 Å². The monoisotopic (exact) mass is 241 g/mol. The fraction of sp³-hybridized carbons (Fsp3) is 0.500. The van der Waals surface area contributed by atoms with Crippen LogP contribution in [-0.4, -0.2) is 55.4 Å². The summed E-state index contributed by atoms with van der Waals surface area (Å²) in [5.74, 6) is -0.549. The van der Waals surface area contributed by atoms with Crippen molar-refractivity contribution in [2.24, 2.45) is 0 Å². The molecular weight excluding hydrogens is 226 g/mol. The van der Waals surface area contributed by atoms with Gasteiger partial charge in [0.05, 0.1) is 6.54 Å². The second-order valence-corrected chi connectivity index (χ2v) is 3.36. The molecule has 0 aliphatic rings. The van der Waals surface area contributed by atoms with Crippen LogP contribution in [0.4, 0.5) is 5.82 Å². The van der Waals surface area contributed by atoms with Crippen LogP contribution in [0, 0.1) is 0 Å². The first kappa shape index (κ1) is 13.3. The molecule has 7 nitrogen and oxygen atoms in total. The minimum Gasteiger partial charge on any atom is -0.476 e. The minimum atomic E-state index is -1.10. The molecule has 0 amide bonds. The van der Waals surface area contributed by atoms with E-state index in [4.69, 9.17) is 14.6 Å². The molecule has 0 spiro atoms. The summed E-state index contributed by atoms with van der Waals surface area (Å²) < 4.78 is 10.1. The second-order valence-electron chi connectivity index (χ2n) is 3.36. The molecule has 0 aliphatic carbocycles. The number of carboxylic acid groups (broad SMARTS) is 1. The predicted octanol–water partition coefficient (Wildman–Crippen LogP) is 0.230. The van der Waals surface area contributed by atoms with E-state index in [0.717, 1.165) is 0 Å². The van der Waals surface area contributed by atoms with Crippen LogP contribution in [0.5, 0.6) is 0 Å². The van der Waals surface area contributed by atoms with Gasteiger partial charge in [0.2, 0.25) is 0 Å². The molecule has 17 heavy (non-hydrogen) atoms. The molecule has 0 atom stereocenters. The fourth-order valence-corrected chi connectivity index (χ4v) is 1.21. The third-order valence-corrected chi connectivity index (χ3v) is 2.21. The smallest absolute Gasteiger partial charge is 0.356 e. The molecule has 1 N–H and O–H groups in total. The van der Waals surface area contributed by atoms with Crippen LogP contribution in [0.3, 0.4) is 0 Å². The lowest BCUT2D eigenvalue weighted by molar-refractivity contribution is -0.0945. The molecule has 1 rings (SSSR count). The Labute approximate surface area is 99.0 Å². The summed E-state index contributed by atoms with van der Waals surface area (Å²) in [6, 6.07) is 2.98. The lowest BCUT2D eigenvalue weighted by atomic mass is 10.4. The predicted molar refractivity (Wildman–Crippen MR) is 60.1 cm³/mol. The number of aromatic carboxylic acids is 1. The van der Waals surface area contributed by atoms with Crippen LogP contribution < -0.4 is 4.90 Å². The molecule has 1 aromatic rings. The van der Waals surface area contributed by atoms with Crippen molar-refractivity contribution in [3.05, 3.63) is 17.8 Å². The molecule has 94 valence electrons. The number of hydrogen-bond donors (Lipinski definition) is 1. The normalized spacial score (nSPS) is 10.6. The average molecular weight is 241 g/mol. The van der Waals surface area contributed by atoms with Crippen molar-refractivity contribution in [1.29, 1.82) is 0 Å². The molecule has 0 aromatic carbocycles. The molecule has 0 bridgehead atoms. The van der Waals surface area contributed by atoms with E-state index < -0.39 is 5.97 Å². The van der Waals surface area contributed by atoms with Crippen LogP contribution in [0.2, 0.25) is 0 Å². The maximum atomic E-state index is 10.6. The summed E-state index contributed by atoms with van der Waals surface area (Å²) in [4.78, 5) is 12.4. The average Bonchev–Trinajstić information content (AvgIpc) is 2.35. The highest BCUT2D eigenvalue weighted by atomic mass is 16.7. The zero-order valence-electron chi connectivity index (χ0n) is 9.95. The number of carboxylic acids is 1. The molecule has 0 saturated heterocycles. The van der Waals surface area contributed by atoms with E-state index in [2.05, 4.69) is 10.2 Å². The molecule has 7 heteroatoms. The second kappa shape index (κ2) is 6.12. The quantitative estimate of drug-likeness (QED) is 0.713. The van der Waals surface area contributed by atoms with E-state index in [1.54, 1.807) is 32.2 Å². The molecule has 1 heterocycles. The number of aromatic nitrogens is 2. The number of likely N-dealkylation sites (N-methyl/N-ethyl adjacent to an activating group) is 1. The van der Waals surface area contributed by atoms with Crippen molar-refractivity contribution >= 4 is 11.8 Å². The third-order valence-electron chi connectivity index (χ3n) is 2.21. The Bertz CT molecular complexity index is 364. The Hall–Kier alpha value is -1.73. The first-order chi connectivity index (χ1) is 8.08. The summed E-state index contributed by atoms with van der Waals surface area (Å²) in [6.45, 7) is 0.466. The number of hydrogen-bond acceptors (Lipinski definition) is 6. The Morgan fingerprint density at radius 1 is 1.41 bits per heavy atom. The molecule has 0 aliphatic heterocycles. The lowest BCUT2D eigenvalue weighted by Gasteiger charge is -2.22.